The molecule has 0 aliphatic carbocycles. The van der Waals surface area contributed by atoms with Crippen molar-refractivity contribution in [2.45, 2.75) is 6.92 Å². The van der Waals surface area contributed by atoms with Gasteiger partial charge in [-0.2, -0.15) is 0 Å². The van der Waals surface area contributed by atoms with Crippen LogP contribution in [-0.4, -0.2) is 89.5 Å². The van der Waals surface area contributed by atoms with Crippen molar-refractivity contribution in [3.8, 4) is 5.75 Å². The van der Waals surface area contributed by atoms with Gasteiger partial charge in [-0.1, -0.05) is 30.3 Å². The number of amides is 3. The zero-order valence-electron chi connectivity index (χ0n) is 24.4. The minimum atomic E-state index is -0.360. The van der Waals surface area contributed by atoms with E-state index in [1.807, 2.05) is 61.5 Å². The Morgan fingerprint density at radius 3 is 2.26 bits per heavy atom. The number of para-hydroxylation sites is 3. The summed E-state index contributed by atoms with van der Waals surface area (Å²) in [6.07, 6.45) is 0. The highest BCUT2D eigenvalue weighted by molar-refractivity contribution is 6.04. The third-order valence-electron chi connectivity index (χ3n) is 7.76. The molecular weight excluding hydrogens is 532 g/mol. The summed E-state index contributed by atoms with van der Waals surface area (Å²) in [5, 5.41) is 8.89. The van der Waals surface area contributed by atoms with Gasteiger partial charge in [0.2, 0.25) is 0 Å². The van der Waals surface area contributed by atoms with Gasteiger partial charge in [0.1, 0.15) is 5.75 Å². The summed E-state index contributed by atoms with van der Waals surface area (Å²) in [5.74, 6) is 0.694. The number of carbonyl (C=O) groups is 2. The Morgan fingerprint density at radius 2 is 1.52 bits per heavy atom. The second-order valence-corrected chi connectivity index (χ2v) is 10.5. The van der Waals surface area contributed by atoms with Gasteiger partial charge < -0.3 is 35.2 Å². The third-order valence-corrected chi connectivity index (χ3v) is 7.76. The zero-order valence-corrected chi connectivity index (χ0v) is 24.4. The Bertz CT molecular complexity index is 1370. The number of nitrogens with one attached hydrogen (secondary N) is 3. The Hall–Kier alpha value is -4.28. The van der Waals surface area contributed by atoms with E-state index >= 15 is 0 Å². The van der Waals surface area contributed by atoms with Crippen LogP contribution in [0, 0.1) is 6.92 Å². The number of methoxy groups -OCH3 is 1. The van der Waals surface area contributed by atoms with Crippen LogP contribution in [0.4, 0.5) is 27.5 Å². The lowest BCUT2D eigenvalue weighted by atomic mass is 10.1. The van der Waals surface area contributed by atoms with Crippen molar-refractivity contribution in [2.24, 2.45) is 0 Å². The molecule has 222 valence electrons. The predicted octanol–water partition coefficient (Wildman–Crippen LogP) is 4.04. The lowest BCUT2D eigenvalue weighted by molar-refractivity contribution is 0.0383. The molecule has 2 aliphatic heterocycles. The highest BCUT2D eigenvalue weighted by Gasteiger charge is 2.24. The summed E-state index contributed by atoms with van der Waals surface area (Å²) in [7, 11) is 1.69. The fraction of sp³-hybridized carbons (Fsp3) is 0.375. The quantitative estimate of drug-likeness (QED) is 0.356. The van der Waals surface area contributed by atoms with Crippen molar-refractivity contribution in [1.29, 1.82) is 0 Å². The summed E-state index contributed by atoms with van der Waals surface area (Å²) >= 11 is 0. The van der Waals surface area contributed by atoms with Crippen LogP contribution >= 0.6 is 0 Å². The predicted molar refractivity (Wildman–Crippen MR) is 167 cm³/mol. The van der Waals surface area contributed by atoms with Crippen molar-refractivity contribution in [1.82, 2.24) is 10.2 Å². The number of hydrogen-bond donors (Lipinski definition) is 3. The maximum absolute atomic E-state index is 13.6. The number of carbonyl (C=O) groups excluding carboxylic acids is 2. The molecule has 10 heteroatoms. The number of aryl methyl sites for hydroxylation is 1. The van der Waals surface area contributed by atoms with Crippen molar-refractivity contribution < 1.29 is 19.1 Å². The monoisotopic (exact) mass is 572 g/mol. The lowest BCUT2D eigenvalue weighted by Gasteiger charge is -2.38. The maximum atomic E-state index is 13.6. The second kappa shape index (κ2) is 14.1. The highest BCUT2D eigenvalue weighted by atomic mass is 16.5. The first-order valence-corrected chi connectivity index (χ1v) is 14.5. The molecule has 2 saturated heterocycles. The Kier molecular flexibility index (Phi) is 9.78. The number of anilines is 4. The van der Waals surface area contributed by atoms with E-state index in [2.05, 4.69) is 36.7 Å². The zero-order chi connectivity index (χ0) is 29.3. The van der Waals surface area contributed by atoms with Gasteiger partial charge in [-0.15, -0.1) is 0 Å². The Labute approximate surface area is 247 Å². The van der Waals surface area contributed by atoms with E-state index in [0.29, 0.717) is 17.8 Å². The van der Waals surface area contributed by atoms with Gasteiger partial charge in [0.05, 0.1) is 31.6 Å². The third kappa shape index (κ3) is 7.32. The number of ether oxygens (including phenoxy) is 2. The molecule has 0 atom stereocenters. The summed E-state index contributed by atoms with van der Waals surface area (Å²) in [4.78, 5) is 33.2. The molecule has 5 rings (SSSR count). The first-order valence-electron chi connectivity index (χ1n) is 14.5. The number of hydrogen-bond acceptors (Lipinski definition) is 7. The van der Waals surface area contributed by atoms with Gasteiger partial charge >= 0.3 is 6.03 Å². The molecule has 10 nitrogen and oxygen atoms in total. The summed E-state index contributed by atoms with van der Waals surface area (Å²) < 4.78 is 11.0. The lowest BCUT2D eigenvalue weighted by Crippen LogP contribution is -2.47. The molecule has 0 spiro atoms. The molecule has 3 N–H and O–H groups in total. The van der Waals surface area contributed by atoms with Crippen LogP contribution in [-0.2, 0) is 4.74 Å². The Morgan fingerprint density at radius 1 is 0.833 bits per heavy atom. The standard InChI is InChI=1S/C32H40N6O4/c1-24-7-3-4-8-27(24)35-32(40)34-25-11-12-28(26(23-25)31(39)33-13-14-36-19-21-42-22-20-36)37-15-17-38(18-16-37)29-9-5-6-10-30(29)41-2/h3-12,23H,13-22H2,1-2H3,(H,33,39)(H2,34,35,40). The molecule has 42 heavy (non-hydrogen) atoms. The van der Waals surface area contributed by atoms with Crippen molar-refractivity contribution in [3.05, 3.63) is 77.9 Å². The molecule has 3 aromatic carbocycles. The van der Waals surface area contributed by atoms with Crippen molar-refractivity contribution in [2.75, 3.05) is 93.1 Å². The average molecular weight is 573 g/mol. The molecule has 3 amide bonds. The molecule has 0 aromatic heterocycles. The number of urea groups is 1. The van der Waals surface area contributed by atoms with Crippen LogP contribution in [0.15, 0.2) is 66.7 Å². The van der Waals surface area contributed by atoms with E-state index in [1.54, 1.807) is 13.2 Å². The van der Waals surface area contributed by atoms with Crippen LogP contribution < -0.4 is 30.5 Å². The minimum absolute atomic E-state index is 0.159. The van der Waals surface area contributed by atoms with Gasteiger partial charge in [0.15, 0.2) is 0 Å². The van der Waals surface area contributed by atoms with E-state index in [4.69, 9.17) is 9.47 Å². The summed E-state index contributed by atoms with van der Waals surface area (Å²) in [5.41, 5.74) is 4.71. The van der Waals surface area contributed by atoms with E-state index < -0.39 is 0 Å². The van der Waals surface area contributed by atoms with Crippen LogP contribution in [0.3, 0.4) is 0 Å². The maximum Gasteiger partial charge on any atom is 0.323 e. The van der Waals surface area contributed by atoms with Gasteiger partial charge in [-0.05, 0) is 48.9 Å². The van der Waals surface area contributed by atoms with E-state index in [1.165, 1.54) is 0 Å². The number of nitrogens with zero attached hydrogens (tertiary/aromatic N) is 3. The smallest absolute Gasteiger partial charge is 0.323 e. The normalized spacial score (nSPS) is 15.7. The molecule has 2 fully saturated rings. The first kappa shape index (κ1) is 29.2. The van der Waals surface area contributed by atoms with Crippen molar-refractivity contribution >= 4 is 34.7 Å². The largest absolute Gasteiger partial charge is 0.495 e. The van der Waals surface area contributed by atoms with E-state index in [-0.39, 0.29) is 11.9 Å². The SMILES string of the molecule is COc1ccccc1N1CCN(c2ccc(NC(=O)Nc3ccccc3C)cc2C(=O)NCCN2CCOCC2)CC1. The molecule has 3 aromatic rings. The van der Waals surface area contributed by atoms with Crippen LogP contribution in [0.5, 0.6) is 5.75 Å². The number of piperazine rings is 1. The van der Waals surface area contributed by atoms with Crippen LogP contribution in [0.25, 0.3) is 0 Å². The van der Waals surface area contributed by atoms with Crippen molar-refractivity contribution in [3.63, 3.8) is 0 Å². The number of morpholine rings is 1. The fourth-order valence-corrected chi connectivity index (χ4v) is 5.40. The molecule has 2 heterocycles. The van der Waals surface area contributed by atoms with E-state index in [9.17, 15) is 9.59 Å². The Balaban J connectivity index is 1.30. The van der Waals surface area contributed by atoms with Crippen LogP contribution in [0.1, 0.15) is 15.9 Å². The topological polar surface area (TPSA) is 98.4 Å². The average Bonchev–Trinajstić information content (AvgIpc) is 3.02. The highest BCUT2D eigenvalue weighted by Crippen LogP contribution is 2.31. The minimum Gasteiger partial charge on any atom is -0.495 e. The van der Waals surface area contributed by atoms with Crippen LogP contribution in [0.2, 0.25) is 0 Å². The molecule has 0 bridgehead atoms. The van der Waals surface area contributed by atoms with Gasteiger partial charge in [-0.3, -0.25) is 9.69 Å². The van der Waals surface area contributed by atoms with Gasteiger partial charge in [0, 0.05) is 69.4 Å². The molecule has 2 aliphatic rings. The summed E-state index contributed by atoms with van der Waals surface area (Å²) in [6, 6.07) is 20.8. The summed E-state index contributed by atoms with van der Waals surface area (Å²) in [6.45, 7) is 9.48. The molecule has 0 saturated carbocycles. The van der Waals surface area contributed by atoms with Gasteiger partial charge in [0.25, 0.3) is 5.91 Å². The van der Waals surface area contributed by atoms with Gasteiger partial charge in [-0.25, -0.2) is 4.79 Å². The van der Waals surface area contributed by atoms with E-state index in [0.717, 1.165) is 87.4 Å². The number of benzene rings is 3. The second-order valence-electron chi connectivity index (χ2n) is 10.5. The number of rotatable bonds is 9. The fourth-order valence-electron chi connectivity index (χ4n) is 5.40. The molecule has 0 radical (unpaired) electrons. The molecule has 0 unspecified atom stereocenters. The first-order chi connectivity index (χ1) is 20.5. The molecular formula is C32H40N6O4.